The number of aryl methyl sites for hydroxylation is 2. The molecule has 2 aromatic heterocycles. The highest BCUT2D eigenvalue weighted by atomic mass is 32.2. The van der Waals surface area contributed by atoms with Crippen molar-refractivity contribution in [3.8, 4) is 6.07 Å². The van der Waals surface area contributed by atoms with Gasteiger partial charge in [-0.2, -0.15) is 5.26 Å². The summed E-state index contributed by atoms with van der Waals surface area (Å²) in [6.07, 6.45) is 6.18. The fourth-order valence-electron chi connectivity index (χ4n) is 3.18. The van der Waals surface area contributed by atoms with E-state index in [-0.39, 0.29) is 0 Å². The van der Waals surface area contributed by atoms with Crippen molar-refractivity contribution in [1.29, 1.82) is 5.26 Å². The predicted molar refractivity (Wildman–Crippen MR) is 111 cm³/mol. The Labute approximate surface area is 163 Å². The van der Waals surface area contributed by atoms with Crippen LogP contribution in [0.3, 0.4) is 0 Å². The molecule has 0 saturated heterocycles. The minimum atomic E-state index is 0.427. The Kier molecular flexibility index (Phi) is 6.65. The number of hydrogen-bond donors (Lipinski definition) is 0. The van der Waals surface area contributed by atoms with Crippen molar-refractivity contribution in [1.82, 2.24) is 9.38 Å². The monoisotopic (exact) mass is 381 g/mol. The SMILES string of the molecule is CCSc1c(SCC)c2c(CCc3ccccc3)nccn2c1CC#N. The molecule has 0 amide bonds. The van der Waals surface area contributed by atoms with Gasteiger partial charge in [0.2, 0.25) is 0 Å². The van der Waals surface area contributed by atoms with Crippen molar-refractivity contribution < 1.29 is 0 Å². The number of rotatable bonds is 8. The largest absolute Gasteiger partial charge is 0.314 e. The number of hydrogen-bond acceptors (Lipinski definition) is 4. The molecule has 0 aliphatic carbocycles. The molecule has 0 spiro atoms. The smallest absolute Gasteiger partial charge is 0.0819 e. The van der Waals surface area contributed by atoms with Gasteiger partial charge in [0.05, 0.1) is 29.4 Å². The lowest BCUT2D eigenvalue weighted by molar-refractivity contribution is 0.896. The molecule has 0 atom stereocenters. The third kappa shape index (κ3) is 3.92. The minimum Gasteiger partial charge on any atom is -0.314 e. The van der Waals surface area contributed by atoms with Crippen molar-refractivity contribution in [2.45, 2.75) is 42.9 Å². The number of nitrogens with zero attached hydrogens (tertiary/aromatic N) is 3. The molecule has 5 heteroatoms. The third-order valence-corrected chi connectivity index (χ3v) is 6.37. The lowest BCUT2D eigenvalue weighted by atomic mass is 10.1. The van der Waals surface area contributed by atoms with Gasteiger partial charge in [0.1, 0.15) is 0 Å². The third-order valence-electron chi connectivity index (χ3n) is 4.25. The second-order valence-electron chi connectivity index (χ2n) is 5.88. The van der Waals surface area contributed by atoms with Gasteiger partial charge in [-0.25, -0.2) is 0 Å². The average Bonchev–Trinajstić information content (AvgIpc) is 2.96. The first-order chi connectivity index (χ1) is 12.8. The van der Waals surface area contributed by atoms with Crippen LogP contribution >= 0.6 is 23.5 Å². The molecule has 0 N–H and O–H groups in total. The molecule has 0 bridgehead atoms. The summed E-state index contributed by atoms with van der Waals surface area (Å²) in [6, 6.07) is 12.9. The minimum absolute atomic E-state index is 0.427. The van der Waals surface area contributed by atoms with Crippen LogP contribution in [0.2, 0.25) is 0 Å². The number of nitriles is 1. The van der Waals surface area contributed by atoms with Gasteiger partial charge in [0.15, 0.2) is 0 Å². The van der Waals surface area contributed by atoms with Crippen LogP contribution < -0.4 is 0 Å². The van der Waals surface area contributed by atoms with E-state index in [4.69, 9.17) is 4.98 Å². The zero-order valence-corrected chi connectivity index (χ0v) is 16.9. The second kappa shape index (κ2) is 9.16. The highest BCUT2D eigenvalue weighted by Gasteiger charge is 2.21. The van der Waals surface area contributed by atoms with Gasteiger partial charge >= 0.3 is 0 Å². The summed E-state index contributed by atoms with van der Waals surface area (Å²) in [5.74, 6) is 2.01. The second-order valence-corrected chi connectivity index (χ2v) is 8.43. The maximum absolute atomic E-state index is 9.34. The maximum atomic E-state index is 9.34. The van der Waals surface area contributed by atoms with E-state index < -0.39 is 0 Å². The van der Waals surface area contributed by atoms with Gasteiger partial charge in [0, 0.05) is 22.2 Å². The van der Waals surface area contributed by atoms with E-state index in [1.54, 1.807) is 0 Å². The van der Waals surface area contributed by atoms with Crippen LogP contribution in [0.4, 0.5) is 0 Å². The van der Waals surface area contributed by atoms with E-state index in [1.165, 1.54) is 20.9 Å². The summed E-state index contributed by atoms with van der Waals surface area (Å²) >= 11 is 3.70. The first-order valence-corrected chi connectivity index (χ1v) is 10.9. The van der Waals surface area contributed by atoms with Crippen LogP contribution in [-0.4, -0.2) is 20.9 Å². The molecule has 26 heavy (non-hydrogen) atoms. The number of benzene rings is 1. The zero-order valence-electron chi connectivity index (χ0n) is 15.2. The van der Waals surface area contributed by atoms with Gasteiger partial charge in [-0.1, -0.05) is 44.2 Å². The van der Waals surface area contributed by atoms with Gasteiger partial charge in [-0.05, 0) is 29.9 Å². The standard InChI is InChI=1S/C21H23N3S2/c1-3-25-20-18(12-13-22)24-15-14-23-17(19(24)21(20)26-4-2)11-10-16-8-6-5-7-9-16/h5-9,14-15H,3-4,10-12H2,1-2H3. The molecular formula is C21H23N3S2. The maximum Gasteiger partial charge on any atom is 0.0819 e. The number of fused-ring (bicyclic) bond motifs is 1. The molecular weight excluding hydrogens is 358 g/mol. The average molecular weight is 382 g/mol. The molecule has 1 aromatic carbocycles. The van der Waals surface area contributed by atoms with E-state index >= 15 is 0 Å². The normalized spacial score (nSPS) is 11.0. The molecule has 0 aliphatic rings. The Hall–Kier alpha value is -1.90. The molecule has 0 fully saturated rings. The molecule has 0 aliphatic heterocycles. The van der Waals surface area contributed by atoms with Crippen molar-refractivity contribution in [3.63, 3.8) is 0 Å². The van der Waals surface area contributed by atoms with Crippen LogP contribution in [0.5, 0.6) is 0 Å². The summed E-state index contributed by atoms with van der Waals surface area (Å²) in [7, 11) is 0. The van der Waals surface area contributed by atoms with Crippen molar-refractivity contribution >= 4 is 29.0 Å². The Morgan fingerprint density at radius 3 is 2.46 bits per heavy atom. The van der Waals surface area contributed by atoms with Crippen LogP contribution in [0.1, 0.15) is 30.8 Å². The van der Waals surface area contributed by atoms with Gasteiger partial charge in [-0.3, -0.25) is 4.98 Å². The molecule has 3 nitrogen and oxygen atoms in total. The van der Waals surface area contributed by atoms with E-state index in [9.17, 15) is 5.26 Å². The molecule has 3 rings (SSSR count). The van der Waals surface area contributed by atoms with Crippen LogP contribution in [0.15, 0.2) is 52.5 Å². The van der Waals surface area contributed by atoms with Crippen molar-refractivity contribution in [2.75, 3.05) is 11.5 Å². The summed E-state index contributed by atoms with van der Waals surface area (Å²) in [4.78, 5) is 7.26. The summed E-state index contributed by atoms with van der Waals surface area (Å²) in [5, 5.41) is 9.34. The number of aromatic nitrogens is 2. The van der Waals surface area contributed by atoms with Gasteiger partial charge in [0.25, 0.3) is 0 Å². The van der Waals surface area contributed by atoms with Crippen LogP contribution in [0, 0.1) is 11.3 Å². The molecule has 0 unspecified atom stereocenters. The van der Waals surface area contributed by atoms with Gasteiger partial charge < -0.3 is 4.40 Å². The van der Waals surface area contributed by atoms with Crippen molar-refractivity contribution in [2.24, 2.45) is 0 Å². The Morgan fingerprint density at radius 1 is 1.04 bits per heavy atom. The van der Waals surface area contributed by atoms with Crippen LogP contribution in [-0.2, 0) is 19.3 Å². The quantitative estimate of drug-likeness (QED) is 0.489. The predicted octanol–water partition coefficient (Wildman–Crippen LogP) is 5.41. The van der Waals surface area contributed by atoms with E-state index in [0.29, 0.717) is 6.42 Å². The highest BCUT2D eigenvalue weighted by Crippen LogP contribution is 2.40. The Bertz CT molecular complexity index is 910. The lowest BCUT2D eigenvalue weighted by Gasteiger charge is -2.07. The summed E-state index contributed by atoms with van der Waals surface area (Å²) in [5.41, 5.74) is 4.74. The molecule has 3 aromatic rings. The summed E-state index contributed by atoms with van der Waals surface area (Å²) < 4.78 is 2.20. The molecule has 2 heterocycles. The molecule has 0 saturated carbocycles. The lowest BCUT2D eigenvalue weighted by Crippen LogP contribution is -2.00. The fourth-order valence-corrected chi connectivity index (χ4v) is 5.28. The fraction of sp³-hybridized carbons (Fsp3) is 0.333. The van der Waals surface area contributed by atoms with E-state index in [0.717, 1.165) is 35.7 Å². The van der Waals surface area contributed by atoms with E-state index in [2.05, 4.69) is 48.6 Å². The first kappa shape index (κ1) is 18.9. The van der Waals surface area contributed by atoms with Crippen LogP contribution in [0.25, 0.3) is 5.52 Å². The first-order valence-electron chi connectivity index (χ1n) is 8.97. The van der Waals surface area contributed by atoms with Crippen molar-refractivity contribution in [3.05, 3.63) is 59.7 Å². The summed E-state index contributed by atoms with van der Waals surface area (Å²) in [6.45, 7) is 4.34. The molecule has 134 valence electrons. The van der Waals surface area contributed by atoms with Gasteiger partial charge in [-0.15, -0.1) is 23.5 Å². The highest BCUT2D eigenvalue weighted by molar-refractivity contribution is 8.02. The van der Waals surface area contributed by atoms with E-state index in [1.807, 2.05) is 42.0 Å². The topological polar surface area (TPSA) is 41.1 Å². The Balaban J connectivity index is 2.09. The zero-order chi connectivity index (χ0) is 18.4. The Morgan fingerprint density at radius 2 is 1.77 bits per heavy atom. The molecule has 0 radical (unpaired) electrons. The number of thioether (sulfide) groups is 2.